The van der Waals surface area contributed by atoms with Crippen molar-refractivity contribution in [3.05, 3.63) is 30.1 Å². The molecule has 2 atom stereocenters. The van der Waals surface area contributed by atoms with Gasteiger partial charge in [-0.05, 0) is 31.4 Å². The Balaban J connectivity index is 1.46. The van der Waals surface area contributed by atoms with Gasteiger partial charge in [-0.25, -0.2) is 0 Å². The smallest absolute Gasteiger partial charge is 0.251 e. The molecule has 152 valence electrons. The quantitative estimate of drug-likeness (QED) is 0.778. The molecule has 0 saturated carbocycles. The zero-order chi connectivity index (χ0) is 20.4. The molecule has 8 nitrogen and oxygen atoms in total. The Morgan fingerprint density at radius 1 is 1.31 bits per heavy atom. The molecule has 0 radical (unpaired) electrons. The number of amides is 1. The zero-order valence-corrected chi connectivity index (χ0v) is 17.0. The SMILES string of the molecule is CC1CN(c2ccc(C#N)c3nccnc23)C[C@H](C(=O)NCCC2CS(=O)C2)O1. The first-order valence-electron chi connectivity index (χ1n) is 9.72. The number of hydrogen-bond acceptors (Lipinski definition) is 7. The van der Waals surface area contributed by atoms with Gasteiger partial charge in [0.25, 0.3) is 5.91 Å². The lowest BCUT2D eigenvalue weighted by Gasteiger charge is -2.37. The van der Waals surface area contributed by atoms with Crippen LogP contribution in [0.1, 0.15) is 18.9 Å². The van der Waals surface area contributed by atoms with Gasteiger partial charge < -0.3 is 15.0 Å². The summed E-state index contributed by atoms with van der Waals surface area (Å²) in [6.45, 7) is 3.53. The summed E-state index contributed by atoms with van der Waals surface area (Å²) in [5.41, 5.74) is 2.53. The second kappa shape index (κ2) is 8.43. The highest BCUT2D eigenvalue weighted by Crippen LogP contribution is 2.28. The third-order valence-corrected chi connectivity index (χ3v) is 7.00. The molecule has 1 unspecified atom stereocenters. The van der Waals surface area contributed by atoms with Gasteiger partial charge in [-0.3, -0.25) is 19.0 Å². The summed E-state index contributed by atoms with van der Waals surface area (Å²) in [5.74, 6) is 1.80. The number of nitrogens with one attached hydrogen (secondary N) is 1. The number of rotatable bonds is 5. The van der Waals surface area contributed by atoms with Crippen molar-refractivity contribution in [2.45, 2.75) is 25.6 Å². The molecule has 2 aliphatic heterocycles. The van der Waals surface area contributed by atoms with E-state index in [2.05, 4.69) is 26.3 Å². The average molecular weight is 414 g/mol. The number of anilines is 1. The fraction of sp³-hybridized carbons (Fsp3) is 0.500. The monoisotopic (exact) mass is 413 g/mol. The van der Waals surface area contributed by atoms with Crippen molar-refractivity contribution in [2.75, 3.05) is 36.0 Å². The second-order valence-corrected chi connectivity index (χ2v) is 9.10. The molecule has 2 saturated heterocycles. The van der Waals surface area contributed by atoms with Crippen LogP contribution >= 0.6 is 0 Å². The molecule has 1 N–H and O–H groups in total. The van der Waals surface area contributed by atoms with Gasteiger partial charge in [0.15, 0.2) is 6.10 Å². The van der Waals surface area contributed by atoms with E-state index in [0.29, 0.717) is 42.1 Å². The Morgan fingerprint density at radius 3 is 2.79 bits per heavy atom. The Labute approximate surface area is 171 Å². The molecule has 3 heterocycles. The highest BCUT2D eigenvalue weighted by atomic mass is 32.2. The first kappa shape index (κ1) is 19.7. The van der Waals surface area contributed by atoms with E-state index in [9.17, 15) is 14.3 Å². The molecule has 2 aromatic rings. The lowest BCUT2D eigenvalue weighted by molar-refractivity contribution is -0.137. The number of nitrogens with zero attached hydrogens (tertiary/aromatic N) is 4. The van der Waals surface area contributed by atoms with Crippen LogP contribution in [-0.4, -0.2) is 63.4 Å². The number of nitriles is 1. The van der Waals surface area contributed by atoms with Gasteiger partial charge in [0.05, 0.1) is 23.9 Å². The van der Waals surface area contributed by atoms with E-state index in [0.717, 1.165) is 23.6 Å². The standard InChI is InChI=1S/C20H23N5O3S/c1-13-9-25(16-3-2-15(8-21)18-19(16)23-7-6-22-18)10-17(28-13)20(26)24-5-4-14-11-29(27)12-14/h2-3,6-7,13-14,17H,4-5,9-12H2,1H3,(H,24,26)/t13?,14?,17-,29?/m1/s1. The minimum absolute atomic E-state index is 0.129. The van der Waals surface area contributed by atoms with Gasteiger partial charge in [0.2, 0.25) is 0 Å². The molecule has 0 aliphatic carbocycles. The van der Waals surface area contributed by atoms with Gasteiger partial charge in [0.1, 0.15) is 17.1 Å². The van der Waals surface area contributed by atoms with Gasteiger partial charge >= 0.3 is 0 Å². The van der Waals surface area contributed by atoms with E-state index in [4.69, 9.17) is 4.74 Å². The lowest BCUT2D eigenvalue weighted by Crippen LogP contribution is -2.53. The van der Waals surface area contributed by atoms with Crippen molar-refractivity contribution in [2.24, 2.45) is 5.92 Å². The van der Waals surface area contributed by atoms with Crippen LogP contribution in [0.2, 0.25) is 0 Å². The molecule has 2 aliphatic rings. The number of fused-ring (bicyclic) bond motifs is 1. The molecule has 0 bridgehead atoms. The molecular formula is C20H23N5O3S. The molecule has 1 amide bonds. The molecule has 4 rings (SSSR count). The number of ether oxygens (including phenoxy) is 1. The topological polar surface area (TPSA) is 108 Å². The van der Waals surface area contributed by atoms with Gasteiger partial charge in [0, 0.05) is 47.8 Å². The van der Waals surface area contributed by atoms with Gasteiger partial charge in [-0.15, -0.1) is 0 Å². The summed E-state index contributed by atoms with van der Waals surface area (Å²) < 4.78 is 17.0. The fourth-order valence-electron chi connectivity index (χ4n) is 3.84. The largest absolute Gasteiger partial charge is 0.364 e. The number of morpholine rings is 1. The van der Waals surface area contributed by atoms with Crippen LogP contribution in [0.15, 0.2) is 24.5 Å². The molecule has 0 spiro atoms. The highest BCUT2D eigenvalue weighted by Gasteiger charge is 2.32. The summed E-state index contributed by atoms with van der Waals surface area (Å²) in [4.78, 5) is 23.5. The third-order valence-electron chi connectivity index (χ3n) is 5.31. The number of carbonyl (C=O) groups is 1. The van der Waals surface area contributed by atoms with Crippen molar-refractivity contribution in [3.63, 3.8) is 0 Å². The minimum atomic E-state index is -0.661. The van der Waals surface area contributed by atoms with Crippen LogP contribution < -0.4 is 10.2 Å². The Bertz CT molecular complexity index is 984. The van der Waals surface area contributed by atoms with Crippen LogP contribution in [0.5, 0.6) is 0 Å². The number of aromatic nitrogens is 2. The summed E-state index contributed by atoms with van der Waals surface area (Å²) in [6.07, 6.45) is 3.31. The first-order chi connectivity index (χ1) is 14.0. The summed E-state index contributed by atoms with van der Waals surface area (Å²) in [7, 11) is -0.661. The van der Waals surface area contributed by atoms with Crippen molar-refractivity contribution in [1.29, 1.82) is 5.26 Å². The van der Waals surface area contributed by atoms with E-state index in [1.54, 1.807) is 18.5 Å². The predicted molar refractivity (Wildman–Crippen MR) is 110 cm³/mol. The number of carbonyl (C=O) groups excluding carboxylic acids is 1. The predicted octanol–water partition coefficient (Wildman–Crippen LogP) is 0.980. The first-order valence-corrected chi connectivity index (χ1v) is 11.2. The molecule has 29 heavy (non-hydrogen) atoms. The maximum atomic E-state index is 12.6. The van der Waals surface area contributed by atoms with Crippen LogP contribution in [-0.2, 0) is 20.3 Å². The summed E-state index contributed by atoms with van der Waals surface area (Å²) >= 11 is 0. The number of benzene rings is 1. The van der Waals surface area contributed by atoms with E-state index < -0.39 is 16.9 Å². The minimum Gasteiger partial charge on any atom is -0.364 e. The van der Waals surface area contributed by atoms with Crippen molar-refractivity contribution < 1.29 is 13.7 Å². The van der Waals surface area contributed by atoms with Crippen molar-refractivity contribution in [1.82, 2.24) is 15.3 Å². The normalized spacial score (nSPS) is 26.6. The van der Waals surface area contributed by atoms with Crippen LogP contribution in [0.25, 0.3) is 11.0 Å². The van der Waals surface area contributed by atoms with Gasteiger partial charge in [-0.1, -0.05) is 0 Å². The van der Waals surface area contributed by atoms with Crippen molar-refractivity contribution in [3.8, 4) is 6.07 Å². The summed E-state index contributed by atoms with van der Waals surface area (Å²) in [5, 5.41) is 12.3. The Kier molecular flexibility index (Phi) is 5.74. The summed E-state index contributed by atoms with van der Waals surface area (Å²) in [6, 6.07) is 5.75. The van der Waals surface area contributed by atoms with Crippen molar-refractivity contribution >= 4 is 33.4 Å². The lowest BCUT2D eigenvalue weighted by atomic mass is 10.1. The van der Waals surface area contributed by atoms with Crippen LogP contribution in [0.3, 0.4) is 0 Å². The van der Waals surface area contributed by atoms with E-state index in [1.165, 1.54) is 0 Å². The Morgan fingerprint density at radius 2 is 2.07 bits per heavy atom. The third kappa shape index (κ3) is 4.23. The van der Waals surface area contributed by atoms with Crippen LogP contribution in [0.4, 0.5) is 5.69 Å². The molecule has 9 heteroatoms. The maximum Gasteiger partial charge on any atom is 0.251 e. The van der Waals surface area contributed by atoms with Gasteiger partial charge in [-0.2, -0.15) is 5.26 Å². The average Bonchev–Trinajstić information content (AvgIpc) is 2.71. The second-order valence-electron chi connectivity index (χ2n) is 7.56. The fourth-order valence-corrected chi connectivity index (χ4v) is 5.13. The maximum absolute atomic E-state index is 12.6. The van der Waals surface area contributed by atoms with Crippen LogP contribution in [0, 0.1) is 17.2 Å². The van der Waals surface area contributed by atoms with E-state index in [-0.39, 0.29) is 12.0 Å². The molecule has 2 fully saturated rings. The number of hydrogen-bond donors (Lipinski definition) is 1. The molecular weight excluding hydrogens is 390 g/mol. The zero-order valence-electron chi connectivity index (χ0n) is 16.2. The Hall–Kier alpha value is -2.57. The molecule has 1 aromatic carbocycles. The van der Waals surface area contributed by atoms with E-state index in [1.807, 2.05) is 13.0 Å². The highest BCUT2D eigenvalue weighted by molar-refractivity contribution is 7.86. The molecule has 1 aromatic heterocycles. The van der Waals surface area contributed by atoms with E-state index >= 15 is 0 Å².